The summed E-state index contributed by atoms with van der Waals surface area (Å²) in [5.41, 5.74) is 11.4. The number of aryl methyl sites for hydroxylation is 1. The van der Waals surface area contributed by atoms with Gasteiger partial charge in [0.05, 0.1) is 29.1 Å². The summed E-state index contributed by atoms with van der Waals surface area (Å²) >= 11 is 0. The lowest BCUT2D eigenvalue weighted by Gasteiger charge is -2.23. The summed E-state index contributed by atoms with van der Waals surface area (Å²) < 4.78 is 0. The van der Waals surface area contributed by atoms with Crippen LogP contribution in [-0.4, -0.2) is 19.9 Å². The predicted octanol–water partition coefficient (Wildman–Crippen LogP) is 6.79. The van der Waals surface area contributed by atoms with Crippen LogP contribution in [0.2, 0.25) is 0 Å². The molecule has 1 unspecified atom stereocenters. The molecule has 0 bridgehead atoms. The fourth-order valence-electron chi connectivity index (χ4n) is 6.27. The highest BCUT2D eigenvalue weighted by molar-refractivity contribution is 5.86. The highest BCUT2D eigenvalue weighted by atomic mass is 16.1. The Hall–Kier alpha value is -3.73. The lowest BCUT2D eigenvalue weighted by Crippen LogP contribution is -2.16. The molecule has 0 saturated carbocycles. The zero-order chi connectivity index (χ0) is 24.9. The van der Waals surface area contributed by atoms with Crippen molar-refractivity contribution < 1.29 is 0 Å². The van der Waals surface area contributed by atoms with E-state index in [9.17, 15) is 4.79 Å². The van der Waals surface area contributed by atoms with Gasteiger partial charge in [0.2, 0.25) is 0 Å². The number of aromatic nitrogens is 4. The zero-order valence-electron chi connectivity index (χ0n) is 21.2. The van der Waals surface area contributed by atoms with E-state index in [1.54, 1.807) is 0 Å². The molecule has 2 N–H and O–H groups in total. The molecule has 4 aromatic rings. The van der Waals surface area contributed by atoms with Gasteiger partial charge in [-0.3, -0.25) is 4.79 Å². The number of hydrogen-bond acceptors (Lipinski definition) is 3. The first kappa shape index (κ1) is 22.7. The van der Waals surface area contributed by atoms with Crippen molar-refractivity contribution in [2.75, 3.05) is 0 Å². The van der Waals surface area contributed by atoms with E-state index >= 15 is 0 Å². The standard InChI is InChI=1S/C31H32N4O/c1-4-13-31(3)15-26-23(20-5-7-21(8-6-20)29-17-32-19(2)35-29)10-11-24(27(26)16-31)22-9-12-28-25(14-22)30(36)34-18-33-28/h5,7,9-12,14,17-18H,4,6,8,13,15-16H2,1-3H3,(H,32,35)(H,33,34,36). The monoisotopic (exact) mass is 476 g/mol. The summed E-state index contributed by atoms with van der Waals surface area (Å²) in [5, 5.41) is 0.642. The van der Waals surface area contributed by atoms with E-state index in [2.05, 4.69) is 64.1 Å². The predicted molar refractivity (Wildman–Crippen MR) is 147 cm³/mol. The second kappa shape index (κ2) is 8.74. The average Bonchev–Trinajstić information content (AvgIpc) is 3.47. The molecular formula is C31H32N4O. The van der Waals surface area contributed by atoms with E-state index in [4.69, 9.17) is 0 Å². The molecule has 5 nitrogen and oxygen atoms in total. The highest BCUT2D eigenvalue weighted by Crippen LogP contribution is 2.47. The van der Waals surface area contributed by atoms with Gasteiger partial charge in [0, 0.05) is 0 Å². The average molecular weight is 477 g/mol. The second-order valence-electron chi connectivity index (χ2n) is 10.8. The van der Waals surface area contributed by atoms with Crippen LogP contribution in [0.4, 0.5) is 0 Å². The van der Waals surface area contributed by atoms with Gasteiger partial charge >= 0.3 is 0 Å². The Labute approximate surface area is 211 Å². The van der Waals surface area contributed by atoms with Gasteiger partial charge in [0.1, 0.15) is 5.82 Å². The van der Waals surface area contributed by atoms with Crippen molar-refractivity contribution in [2.45, 2.75) is 59.3 Å². The molecule has 6 rings (SSSR count). The number of nitrogens with one attached hydrogen (secondary N) is 2. The minimum Gasteiger partial charge on any atom is -0.343 e. The lowest BCUT2D eigenvalue weighted by atomic mass is 9.82. The zero-order valence-corrected chi connectivity index (χ0v) is 21.2. The summed E-state index contributed by atoms with van der Waals surface area (Å²) in [6.45, 7) is 6.72. The first-order valence-electron chi connectivity index (χ1n) is 13.0. The molecule has 0 saturated heterocycles. The topological polar surface area (TPSA) is 74.4 Å². The number of aromatic amines is 2. The van der Waals surface area contributed by atoms with Gasteiger partial charge in [-0.05, 0) is 95.5 Å². The molecule has 0 spiro atoms. The lowest BCUT2D eigenvalue weighted by molar-refractivity contribution is 0.313. The first-order chi connectivity index (χ1) is 17.4. The van der Waals surface area contributed by atoms with Gasteiger partial charge in [-0.1, -0.05) is 50.6 Å². The Morgan fingerprint density at radius 1 is 0.972 bits per heavy atom. The Balaban J connectivity index is 1.45. The van der Waals surface area contributed by atoms with E-state index in [0.717, 1.165) is 48.3 Å². The van der Waals surface area contributed by atoms with Gasteiger partial charge in [-0.25, -0.2) is 9.97 Å². The normalized spacial score (nSPS) is 19.3. The van der Waals surface area contributed by atoms with Crippen LogP contribution in [0.15, 0.2) is 59.8 Å². The molecule has 0 amide bonds. The largest absolute Gasteiger partial charge is 0.343 e. The highest BCUT2D eigenvalue weighted by Gasteiger charge is 2.35. The molecule has 2 aliphatic carbocycles. The SMILES string of the molecule is CCCC1(C)Cc2c(C3=CC=C(c4cnc(C)[nH]4)CC3)ccc(-c3ccc4nc[nH]c(=O)c4c3)c2C1. The third kappa shape index (κ3) is 3.93. The van der Waals surface area contributed by atoms with Crippen molar-refractivity contribution in [3.05, 3.63) is 93.6 Å². The summed E-state index contributed by atoms with van der Waals surface area (Å²) in [7, 11) is 0. The van der Waals surface area contributed by atoms with Gasteiger partial charge in [0.25, 0.3) is 5.56 Å². The van der Waals surface area contributed by atoms with Crippen LogP contribution in [0.3, 0.4) is 0 Å². The molecule has 1 atom stereocenters. The molecule has 36 heavy (non-hydrogen) atoms. The van der Waals surface area contributed by atoms with Crippen molar-refractivity contribution in [3.63, 3.8) is 0 Å². The first-order valence-corrected chi connectivity index (χ1v) is 13.0. The van der Waals surface area contributed by atoms with Gasteiger partial charge in [-0.2, -0.15) is 0 Å². The van der Waals surface area contributed by atoms with E-state index < -0.39 is 0 Å². The van der Waals surface area contributed by atoms with Gasteiger partial charge < -0.3 is 9.97 Å². The fourth-order valence-corrected chi connectivity index (χ4v) is 6.27. The van der Waals surface area contributed by atoms with Crippen molar-refractivity contribution in [2.24, 2.45) is 5.41 Å². The summed E-state index contributed by atoms with van der Waals surface area (Å²) in [4.78, 5) is 27.2. The summed E-state index contributed by atoms with van der Waals surface area (Å²) in [6, 6.07) is 10.7. The van der Waals surface area contributed by atoms with Crippen LogP contribution in [0, 0.1) is 12.3 Å². The van der Waals surface area contributed by atoms with Crippen LogP contribution in [0.5, 0.6) is 0 Å². The van der Waals surface area contributed by atoms with Crippen molar-refractivity contribution in [3.8, 4) is 11.1 Å². The summed E-state index contributed by atoms with van der Waals surface area (Å²) in [5.74, 6) is 0.954. The number of allylic oxidation sites excluding steroid dienone is 4. The molecule has 2 heterocycles. The molecule has 0 aliphatic heterocycles. The maximum Gasteiger partial charge on any atom is 0.258 e. The molecular weight excluding hydrogens is 444 g/mol. The van der Waals surface area contributed by atoms with E-state index in [1.807, 2.05) is 25.3 Å². The third-order valence-corrected chi connectivity index (χ3v) is 7.99. The quantitative estimate of drug-likeness (QED) is 0.333. The molecule has 2 aliphatic rings. The second-order valence-corrected chi connectivity index (χ2v) is 10.8. The van der Waals surface area contributed by atoms with Crippen molar-refractivity contribution in [1.29, 1.82) is 0 Å². The molecule has 0 radical (unpaired) electrons. The Bertz CT molecular complexity index is 1600. The third-order valence-electron chi connectivity index (χ3n) is 7.99. The van der Waals surface area contributed by atoms with Crippen molar-refractivity contribution in [1.82, 2.24) is 19.9 Å². The summed E-state index contributed by atoms with van der Waals surface area (Å²) in [6.07, 6.45) is 14.6. The molecule has 2 aromatic carbocycles. The molecule has 182 valence electrons. The van der Waals surface area contributed by atoms with E-state index in [0.29, 0.717) is 5.39 Å². The number of fused-ring (bicyclic) bond motifs is 2. The fraction of sp³-hybridized carbons (Fsp3) is 0.323. The van der Waals surface area contributed by atoms with Crippen molar-refractivity contribution >= 4 is 22.0 Å². The number of H-pyrrole nitrogens is 2. The van der Waals surface area contributed by atoms with Crippen LogP contribution in [-0.2, 0) is 12.8 Å². The number of imidazole rings is 1. The van der Waals surface area contributed by atoms with Crippen LogP contribution < -0.4 is 5.56 Å². The maximum atomic E-state index is 12.5. The molecule has 0 fully saturated rings. The van der Waals surface area contributed by atoms with E-state index in [1.165, 1.54) is 52.6 Å². The Morgan fingerprint density at radius 2 is 1.72 bits per heavy atom. The van der Waals surface area contributed by atoms with Crippen LogP contribution in [0.1, 0.15) is 67.7 Å². The maximum absolute atomic E-state index is 12.5. The minimum absolute atomic E-state index is 0.0895. The van der Waals surface area contributed by atoms with Crippen LogP contribution in [0.25, 0.3) is 33.2 Å². The smallest absolute Gasteiger partial charge is 0.258 e. The molecule has 5 heteroatoms. The van der Waals surface area contributed by atoms with Crippen LogP contribution >= 0.6 is 0 Å². The Kier molecular flexibility index (Phi) is 5.51. The number of hydrogen-bond donors (Lipinski definition) is 2. The minimum atomic E-state index is -0.0895. The molecule has 2 aromatic heterocycles. The van der Waals surface area contributed by atoms with Gasteiger partial charge in [0.15, 0.2) is 0 Å². The number of nitrogens with zero attached hydrogens (tertiary/aromatic N) is 2. The van der Waals surface area contributed by atoms with Gasteiger partial charge in [-0.15, -0.1) is 0 Å². The number of benzene rings is 2. The van der Waals surface area contributed by atoms with E-state index in [-0.39, 0.29) is 11.0 Å². The number of rotatable bonds is 5. The Morgan fingerprint density at radius 3 is 2.44 bits per heavy atom.